The van der Waals surface area contributed by atoms with Gasteiger partial charge in [0.15, 0.2) is 5.88 Å². The van der Waals surface area contributed by atoms with Gasteiger partial charge in [-0.05, 0) is 74.3 Å². The lowest BCUT2D eigenvalue weighted by Crippen LogP contribution is -2.38. The third kappa shape index (κ3) is 5.34. The first kappa shape index (κ1) is 17.5. The number of amides is 1. The van der Waals surface area contributed by atoms with Crippen LogP contribution in [0.1, 0.15) is 38.2 Å². The molecule has 2 aliphatic carbocycles. The summed E-state index contributed by atoms with van der Waals surface area (Å²) < 4.78 is 18.5. The highest BCUT2D eigenvalue weighted by Crippen LogP contribution is 2.44. The van der Waals surface area contributed by atoms with Crippen molar-refractivity contribution in [1.29, 1.82) is 0 Å². The fourth-order valence-electron chi connectivity index (χ4n) is 2.92. The van der Waals surface area contributed by atoms with Gasteiger partial charge in [-0.25, -0.2) is 4.39 Å². The zero-order valence-electron chi connectivity index (χ0n) is 14.5. The molecule has 0 aromatic heterocycles. The van der Waals surface area contributed by atoms with E-state index in [1.165, 1.54) is 37.8 Å². The number of carbonyl (C=O) groups excluding carboxylic acids is 1. The van der Waals surface area contributed by atoms with Gasteiger partial charge < -0.3 is 15.8 Å². The van der Waals surface area contributed by atoms with Gasteiger partial charge in [0, 0.05) is 11.6 Å². The molecule has 0 heterocycles. The molecule has 4 nitrogen and oxygen atoms in total. The number of allylic oxidation sites excluding steroid dienone is 2. The topological polar surface area (TPSA) is 64.3 Å². The van der Waals surface area contributed by atoms with Gasteiger partial charge in [-0.1, -0.05) is 12.1 Å². The number of nitrogens with one attached hydrogen (secondary N) is 1. The van der Waals surface area contributed by atoms with Gasteiger partial charge in [0.05, 0.1) is 0 Å². The Labute approximate surface area is 147 Å². The summed E-state index contributed by atoms with van der Waals surface area (Å²) in [6.07, 6.45) is 8.14. The lowest BCUT2D eigenvalue weighted by atomic mass is 10.1. The lowest BCUT2D eigenvalue weighted by molar-refractivity contribution is -0.118. The predicted molar refractivity (Wildman–Crippen MR) is 94.6 cm³/mol. The van der Waals surface area contributed by atoms with Gasteiger partial charge in [-0.3, -0.25) is 4.79 Å². The van der Waals surface area contributed by atoms with Crippen molar-refractivity contribution in [2.45, 2.75) is 45.3 Å². The summed E-state index contributed by atoms with van der Waals surface area (Å²) in [5, 5.41) is 3.17. The number of hydrogen-bond acceptors (Lipinski definition) is 3. The van der Waals surface area contributed by atoms with Gasteiger partial charge in [0.2, 0.25) is 5.91 Å². The van der Waals surface area contributed by atoms with Gasteiger partial charge in [-0.15, -0.1) is 0 Å². The molecule has 0 spiro atoms. The first-order valence-corrected chi connectivity index (χ1v) is 8.85. The summed E-state index contributed by atoms with van der Waals surface area (Å²) in [5.41, 5.74) is 7.10. The van der Waals surface area contributed by atoms with E-state index in [0.29, 0.717) is 29.0 Å². The molecular formula is C20H25FN2O2. The highest BCUT2D eigenvalue weighted by molar-refractivity contribution is 5.93. The molecule has 0 bridgehead atoms. The molecule has 0 radical (unpaired) electrons. The fourth-order valence-corrected chi connectivity index (χ4v) is 2.92. The van der Waals surface area contributed by atoms with Crippen LogP contribution in [-0.4, -0.2) is 11.9 Å². The number of carbonyl (C=O) groups is 1. The normalized spacial score (nSPS) is 18.4. The van der Waals surface area contributed by atoms with Crippen molar-refractivity contribution in [2.24, 2.45) is 17.6 Å². The Morgan fingerprint density at radius 3 is 2.60 bits per heavy atom. The second-order valence-corrected chi connectivity index (χ2v) is 7.01. The van der Waals surface area contributed by atoms with Crippen LogP contribution in [0.5, 0.6) is 0 Å². The van der Waals surface area contributed by atoms with E-state index in [-0.39, 0.29) is 24.2 Å². The first-order valence-electron chi connectivity index (χ1n) is 8.85. The molecule has 2 saturated carbocycles. The van der Waals surface area contributed by atoms with Crippen LogP contribution in [0.15, 0.2) is 47.9 Å². The second-order valence-electron chi connectivity index (χ2n) is 7.01. The minimum Gasteiger partial charge on any atom is -0.475 e. The Hall–Kier alpha value is -2.30. The van der Waals surface area contributed by atoms with E-state index in [0.717, 1.165) is 0 Å². The molecule has 0 atom stereocenters. The number of rotatable bonds is 8. The monoisotopic (exact) mass is 344 g/mol. The number of benzene rings is 1. The van der Waals surface area contributed by atoms with Crippen molar-refractivity contribution in [2.75, 3.05) is 0 Å². The van der Waals surface area contributed by atoms with Crippen LogP contribution >= 0.6 is 0 Å². The van der Waals surface area contributed by atoms with Crippen LogP contribution in [0.25, 0.3) is 0 Å². The van der Waals surface area contributed by atoms with Crippen molar-refractivity contribution >= 4 is 5.91 Å². The summed E-state index contributed by atoms with van der Waals surface area (Å²) in [6, 6.07) is 6.50. The predicted octanol–water partition coefficient (Wildman–Crippen LogP) is 3.39. The smallest absolute Gasteiger partial charge is 0.247 e. The number of ether oxygens (including phenoxy) is 1. The summed E-state index contributed by atoms with van der Waals surface area (Å²) in [7, 11) is 0. The molecule has 0 aliphatic heterocycles. The van der Waals surface area contributed by atoms with Crippen LogP contribution < -0.4 is 11.1 Å². The van der Waals surface area contributed by atoms with Crippen LogP contribution in [0.3, 0.4) is 0 Å². The fraction of sp³-hybridized carbons (Fsp3) is 0.450. The van der Waals surface area contributed by atoms with Crippen LogP contribution in [0, 0.1) is 17.7 Å². The number of nitrogens with two attached hydrogens (primary N) is 1. The average Bonchev–Trinajstić information content (AvgIpc) is 3.48. The van der Waals surface area contributed by atoms with Gasteiger partial charge in [-0.2, -0.15) is 0 Å². The van der Waals surface area contributed by atoms with Crippen molar-refractivity contribution in [1.82, 2.24) is 5.32 Å². The van der Waals surface area contributed by atoms with Gasteiger partial charge in [0.1, 0.15) is 12.4 Å². The molecule has 3 rings (SSSR count). The maximum atomic E-state index is 13.1. The lowest BCUT2D eigenvalue weighted by Gasteiger charge is -2.17. The zero-order valence-corrected chi connectivity index (χ0v) is 14.5. The van der Waals surface area contributed by atoms with Crippen LogP contribution in [0.4, 0.5) is 4.39 Å². The third-order valence-electron chi connectivity index (χ3n) is 4.71. The maximum absolute atomic E-state index is 13.1. The average molecular weight is 344 g/mol. The largest absolute Gasteiger partial charge is 0.475 e. The Balaban J connectivity index is 1.50. The first-order chi connectivity index (χ1) is 12.0. The van der Waals surface area contributed by atoms with E-state index in [9.17, 15) is 9.18 Å². The van der Waals surface area contributed by atoms with Crippen LogP contribution in [-0.2, 0) is 16.1 Å². The van der Waals surface area contributed by atoms with Crippen molar-refractivity contribution < 1.29 is 13.9 Å². The minimum atomic E-state index is -0.308. The van der Waals surface area contributed by atoms with E-state index in [4.69, 9.17) is 10.5 Å². The molecule has 3 N–H and O–H groups in total. The van der Waals surface area contributed by atoms with E-state index >= 15 is 0 Å². The summed E-state index contributed by atoms with van der Waals surface area (Å²) in [4.78, 5) is 12.3. The van der Waals surface area contributed by atoms with Crippen molar-refractivity contribution in [3.63, 3.8) is 0 Å². The summed E-state index contributed by atoms with van der Waals surface area (Å²) >= 11 is 0. The maximum Gasteiger partial charge on any atom is 0.247 e. The van der Waals surface area contributed by atoms with Crippen molar-refractivity contribution in [3.05, 3.63) is 59.3 Å². The molecular weight excluding hydrogens is 319 g/mol. The highest BCUT2D eigenvalue weighted by Gasteiger charge is 2.42. The Morgan fingerprint density at radius 2 is 2.00 bits per heavy atom. The zero-order chi connectivity index (χ0) is 17.8. The number of halogens is 1. The minimum absolute atomic E-state index is 0.0435. The Morgan fingerprint density at radius 1 is 1.32 bits per heavy atom. The molecule has 25 heavy (non-hydrogen) atoms. The summed E-state index contributed by atoms with van der Waals surface area (Å²) in [6.45, 7) is 1.95. The van der Waals surface area contributed by atoms with E-state index in [2.05, 4.69) is 5.32 Å². The van der Waals surface area contributed by atoms with Gasteiger partial charge in [0.25, 0.3) is 0 Å². The molecule has 1 amide bonds. The molecule has 1 aromatic rings. The highest BCUT2D eigenvalue weighted by atomic mass is 19.1. The molecule has 0 unspecified atom stereocenters. The molecule has 0 saturated heterocycles. The van der Waals surface area contributed by atoms with Crippen molar-refractivity contribution in [3.8, 4) is 0 Å². The van der Waals surface area contributed by atoms with E-state index < -0.39 is 0 Å². The SMILES string of the molecule is C/C(=C\C=C(/N)OCc1cccc(F)c1)C(=O)NC(C1CC1)C1CC1. The molecule has 2 aliphatic rings. The van der Waals surface area contributed by atoms with Gasteiger partial charge >= 0.3 is 0 Å². The Kier molecular flexibility index (Phi) is 5.41. The van der Waals surface area contributed by atoms with E-state index in [1.807, 2.05) is 0 Å². The molecule has 1 aromatic carbocycles. The molecule has 5 heteroatoms. The summed E-state index contributed by atoms with van der Waals surface area (Å²) in [5.74, 6) is 1.17. The Bertz CT molecular complexity index is 679. The second kappa shape index (κ2) is 7.72. The number of hydrogen-bond donors (Lipinski definition) is 2. The van der Waals surface area contributed by atoms with E-state index in [1.54, 1.807) is 31.2 Å². The molecule has 2 fully saturated rings. The quantitative estimate of drug-likeness (QED) is 0.432. The molecule has 134 valence electrons. The third-order valence-corrected chi connectivity index (χ3v) is 4.71. The standard InChI is InChI=1S/C20H25FN2O2/c1-13(20(24)23-19(15-6-7-15)16-8-9-16)5-10-18(22)25-12-14-3-2-4-17(21)11-14/h2-5,10-11,15-16,19H,6-9,12,22H2,1H3,(H,23,24)/b13-5+,18-10+. The van der Waals surface area contributed by atoms with Crippen LogP contribution in [0.2, 0.25) is 0 Å².